The van der Waals surface area contributed by atoms with Crippen LogP contribution in [0.5, 0.6) is 0 Å². The zero-order chi connectivity index (χ0) is 27.1. The predicted octanol–water partition coefficient (Wildman–Crippen LogP) is 6.36. The van der Waals surface area contributed by atoms with Gasteiger partial charge in [-0.05, 0) is 79.3 Å². The Kier molecular flexibility index (Phi) is 8.74. The van der Waals surface area contributed by atoms with E-state index in [2.05, 4.69) is 37.8 Å². The molecule has 0 spiro atoms. The van der Waals surface area contributed by atoms with Crippen molar-refractivity contribution in [3.05, 3.63) is 113 Å². The van der Waals surface area contributed by atoms with Crippen molar-refractivity contribution < 1.29 is 19.2 Å². The Morgan fingerprint density at radius 1 is 0.974 bits per heavy atom. The summed E-state index contributed by atoms with van der Waals surface area (Å²) in [6.07, 6.45) is 3.36. The minimum Gasteiger partial charge on any atom is -0.311 e. The van der Waals surface area contributed by atoms with Crippen LogP contribution in [0.3, 0.4) is 0 Å². The molecule has 38 heavy (non-hydrogen) atoms. The third-order valence-electron chi connectivity index (χ3n) is 7.23. The summed E-state index contributed by atoms with van der Waals surface area (Å²) < 4.78 is 0. The normalized spacial score (nSPS) is 13.6. The molecule has 4 rings (SSSR count). The Balaban J connectivity index is 1.31. The summed E-state index contributed by atoms with van der Waals surface area (Å²) in [6, 6.07) is 23.6. The van der Waals surface area contributed by atoms with Crippen LogP contribution in [0.15, 0.2) is 79.4 Å². The summed E-state index contributed by atoms with van der Waals surface area (Å²) in [4.78, 5) is 44.3. The van der Waals surface area contributed by atoms with Gasteiger partial charge in [0.05, 0.1) is 0 Å². The lowest BCUT2D eigenvalue weighted by Gasteiger charge is -2.31. The highest BCUT2D eigenvalue weighted by Gasteiger charge is 2.28. The number of rotatable bonds is 7. The summed E-state index contributed by atoms with van der Waals surface area (Å²) in [5.41, 5.74) is 6.19. The molecule has 196 valence electrons. The SMILES string of the molecule is C=C(c1ccccc1)c1ccc(C(=O)N(C=O)OC(=O)N2CCC(CCc3ccc(C)cc3)CC2)c(C)c1. The fraction of sp³-hybridized carbons (Fsp3) is 0.281. The van der Waals surface area contributed by atoms with Crippen molar-refractivity contribution in [2.45, 2.75) is 39.5 Å². The van der Waals surface area contributed by atoms with Gasteiger partial charge in [0.2, 0.25) is 0 Å². The minimum atomic E-state index is -0.686. The second kappa shape index (κ2) is 12.4. The number of hydrogen-bond donors (Lipinski definition) is 0. The second-order valence-corrected chi connectivity index (χ2v) is 9.92. The molecule has 0 atom stereocenters. The van der Waals surface area contributed by atoms with Crippen molar-refractivity contribution in [1.82, 2.24) is 9.96 Å². The topological polar surface area (TPSA) is 66.9 Å². The predicted molar refractivity (Wildman–Crippen MR) is 148 cm³/mol. The first kappa shape index (κ1) is 26.9. The van der Waals surface area contributed by atoms with Gasteiger partial charge >= 0.3 is 6.09 Å². The number of hydroxylamine groups is 2. The van der Waals surface area contributed by atoms with E-state index in [1.54, 1.807) is 24.0 Å². The highest BCUT2D eigenvalue weighted by molar-refractivity contribution is 6.01. The van der Waals surface area contributed by atoms with Crippen LogP contribution in [0, 0.1) is 19.8 Å². The zero-order valence-corrected chi connectivity index (χ0v) is 22.1. The Hall–Kier alpha value is -4.19. The van der Waals surface area contributed by atoms with Crippen LogP contribution in [-0.2, 0) is 16.1 Å². The molecule has 3 aromatic rings. The van der Waals surface area contributed by atoms with Crippen LogP contribution in [0.25, 0.3) is 5.57 Å². The summed E-state index contributed by atoms with van der Waals surface area (Å²) in [5.74, 6) is -0.160. The number of aryl methyl sites for hydroxylation is 3. The smallest absolute Gasteiger partial charge is 0.311 e. The highest BCUT2D eigenvalue weighted by Crippen LogP contribution is 2.25. The van der Waals surface area contributed by atoms with E-state index < -0.39 is 12.0 Å². The molecule has 1 aliphatic heterocycles. The number of amides is 3. The van der Waals surface area contributed by atoms with Gasteiger partial charge in [0.1, 0.15) is 0 Å². The molecule has 0 saturated carbocycles. The van der Waals surface area contributed by atoms with Gasteiger partial charge in [0.15, 0.2) is 0 Å². The fourth-order valence-corrected chi connectivity index (χ4v) is 4.80. The van der Waals surface area contributed by atoms with Crippen LogP contribution < -0.4 is 0 Å². The second-order valence-electron chi connectivity index (χ2n) is 9.92. The molecule has 6 nitrogen and oxygen atoms in total. The minimum absolute atomic E-state index is 0.241. The molecule has 0 unspecified atom stereocenters. The van der Waals surface area contributed by atoms with Crippen LogP contribution in [0.4, 0.5) is 4.79 Å². The van der Waals surface area contributed by atoms with E-state index in [4.69, 9.17) is 4.84 Å². The number of nitrogens with zero attached hydrogens (tertiary/aromatic N) is 2. The molecule has 1 aliphatic rings. The van der Waals surface area contributed by atoms with Gasteiger partial charge in [-0.25, -0.2) is 4.79 Å². The third-order valence-corrected chi connectivity index (χ3v) is 7.23. The summed E-state index contributed by atoms with van der Waals surface area (Å²) in [5, 5.41) is 0.486. The number of carbonyl (C=O) groups is 3. The molecule has 0 aliphatic carbocycles. The van der Waals surface area contributed by atoms with Gasteiger partial charge in [0.25, 0.3) is 12.3 Å². The Morgan fingerprint density at radius 2 is 1.66 bits per heavy atom. The van der Waals surface area contributed by atoms with Crippen molar-refractivity contribution >= 4 is 24.0 Å². The van der Waals surface area contributed by atoms with Gasteiger partial charge in [-0.1, -0.05) is 83.9 Å². The molecular formula is C32H34N2O4. The number of hydrogen-bond acceptors (Lipinski definition) is 4. The first-order valence-electron chi connectivity index (χ1n) is 13.0. The monoisotopic (exact) mass is 510 g/mol. The quantitative estimate of drug-likeness (QED) is 0.274. The lowest BCUT2D eigenvalue weighted by atomic mass is 9.90. The first-order chi connectivity index (χ1) is 18.4. The Bertz CT molecular complexity index is 1290. The lowest BCUT2D eigenvalue weighted by Crippen LogP contribution is -2.43. The molecule has 0 N–H and O–H groups in total. The van der Waals surface area contributed by atoms with E-state index in [0.717, 1.165) is 42.4 Å². The maximum atomic E-state index is 13.0. The first-order valence-corrected chi connectivity index (χ1v) is 13.0. The number of likely N-dealkylation sites (tertiary alicyclic amines) is 1. The van der Waals surface area contributed by atoms with Crippen LogP contribution in [0.1, 0.15) is 57.4 Å². The molecule has 6 heteroatoms. The van der Waals surface area contributed by atoms with Gasteiger partial charge in [-0.2, -0.15) is 0 Å². The fourth-order valence-electron chi connectivity index (χ4n) is 4.80. The standard InChI is InChI=1S/C32H34N2O4/c1-23-9-11-26(12-10-23)13-14-27-17-19-33(20-18-27)32(37)38-34(22-35)31(36)30-16-15-29(21-24(30)2)25(3)28-7-5-4-6-8-28/h4-12,15-16,21-22,27H,3,13-14,17-20H2,1-2H3. The van der Waals surface area contributed by atoms with Crippen molar-refractivity contribution in [2.75, 3.05) is 13.1 Å². The van der Waals surface area contributed by atoms with E-state index in [0.29, 0.717) is 29.6 Å². The van der Waals surface area contributed by atoms with Gasteiger partial charge in [-0.3, -0.25) is 9.59 Å². The number of carbonyl (C=O) groups excluding carboxylic acids is 3. The summed E-state index contributed by atoms with van der Waals surface area (Å²) in [6.45, 7) is 9.09. The molecular weight excluding hydrogens is 476 g/mol. The molecule has 1 fully saturated rings. The van der Waals surface area contributed by atoms with E-state index in [-0.39, 0.29) is 12.0 Å². The molecule has 0 bridgehead atoms. The molecule has 0 radical (unpaired) electrons. The van der Waals surface area contributed by atoms with Crippen molar-refractivity contribution in [3.63, 3.8) is 0 Å². The zero-order valence-electron chi connectivity index (χ0n) is 22.1. The third kappa shape index (κ3) is 6.57. The van der Waals surface area contributed by atoms with Gasteiger partial charge in [0, 0.05) is 18.7 Å². The average Bonchev–Trinajstić information content (AvgIpc) is 2.95. The summed E-state index contributed by atoms with van der Waals surface area (Å²) in [7, 11) is 0. The molecule has 0 aromatic heterocycles. The van der Waals surface area contributed by atoms with Crippen LogP contribution in [0.2, 0.25) is 0 Å². The van der Waals surface area contributed by atoms with Crippen molar-refractivity contribution in [2.24, 2.45) is 5.92 Å². The molecule has 1 saturated heterocycles. The van der Waals surface area contributed by atoms with Crippen molar-refractivity contribution in [1.29, 1.82) is 0 Å². The van der Waals surface area contributed by atoms with Crippen LogP contribution in [-0.4, -0.2) is 41.5 Å². The Morgan fingerprint density at radius 3 is 2.29 bits per heavy atom. The highest BCUT2D eigenvalue weighted by atomic mass is 16.7. The van der Waals surface area contributed by atoms with Gasteiger partial charge in [-0.15, -0.1) is 0 Å². The van der Waals surface area contributed by atoms with E-state index in [1.807, 2.05) is 36.4 Å². The molecule has 3 aromatic carbocycles. The molecule has 1 heterocycles. The van der Waals surface area contributed by atoms with Crippen LogP contribution >= 0.6 is 0 Å². The van der Waals surface area contributed by atoms with Gasteiger partial charge < -0.3 is 9.74 Å². The maximum absolute atomic E-state index is 13.0. The van der Waals surface area contributed by atoms with E-state index in [1.165, 1.54) is 11.1 Å². The lowest BCUT2D eigenvalue weighted by molar-refractivity contribution is -0.142. The van der Waals surface area contributed by atoms with Crippen molar-refractivity contribution in [3.8, 4) is 0 Å². The van der Waals surface area contributed by atoms with E-state index in [9.17, 15) is 14.4 Å². The molecule has 3 amide bonds. The number of benzene rings is 3. The largest absolute Gasteiger partial charge is 0.434 e. The Labute approximate surface area is 224 Å². The average molecular weight is 511 g/mol. The summed E-state index contributed by atoms with van der Waals surface area (Å²) >= 11 is 0. The number of imide groups is 1. The number of piperidine rings is 1. The maximum Gasteiger partial charge on any atom is 0.434 e. The van der Waals surface area contributed by atoms with E-state index >= 15 is 0 Å².